The zero-order valence-corrected chi connectivity index (χ0v) is 10.0. The Balaban J connectivity index is 2.34. The molecular weight excluding hydrogens is 218 g/mol. The van der Waals surface area contributed by atoms with Gasteiger partial charge in [0.2, 0.25) is 0 Å². The fraction of sp³-hybridized carbons (Fsp3) is 1.00. The number of nitrogens with two attached hydrogens (primary N) is 1. The first kappa shape index (κ1) is 10.8. The number of thioether (sulfide) groups is 1. The molecule has 5 heteroatoms. The van der Waals surface area contributed by atoms with Crippen LogP contribution in [0.1, 0.15) is 19.8 Å². The van der Waals surface area contributed by atoms with Crippen LogP contribution in [0.25, 0.3) is 0 Å². The fourth-order valence-electron chi connectivity index (χ4n) is 2.78. The highest BCUT2D eigenvalue weighted by molar-refractivity contribution is 8.03. The third-order valence-corrected chi connectivity index (χ3v) is 8.11. The molecule has 3 nitrogen and oxygen atoms in total. The van der Waals surface area contributed by atoms with E-state index in [1.807, 2.05) is 18.7 Å². The summed E-state index contributed by atoms with van der Waals surface area (Å²) in [7, 11) is -2.84. The van der Waals surface area contributed by atoms with Crippen molar-refractivity contribution in [1.29, 1.82) is 0 Å². The van der Waals surface area contributed by atoms with Crippen molar-refractivity contribution in [1.82, 2.24) is 0 Å². The minimum Gasteiger partial charge on any atom is -0.330 e. The lowest BCUT2D eigenvalue weighted by molar-refractivity contribution is 0.392. The topological polar surface area (TPSA) is 60.2 Å². The van der Waals surface area contributed by atoms with Gasteiger partial charge in [0.1, 0.15) is 0 Å². The van der Waals surface area contributed by atoms with Gasteiger partial charge in [-0.05, 0) is 38.0 Å². The van der Waals surface area contributed by atoms with Crippen LogP contribution in [0, 0.1) is 5.92 Å². The van der Waals surface area contributed by atoms with Crippen molar-refractivity contribution in [3.05, 3.63) is 0 Å². The number of rotatable bonds is 1. The first-order valence-corrected chi connectivity index (χ1v) is 7.78. The van der Waals surface area contributed by atoms with Gasteiger partial charge in [-0.2, -0.15) is 11.8 Å². The monoisotopic (exact) mass is 235 g/mol. The molecule has 2 rings (SSSR count). The van der Waals surface area contributed by atoms with Crippen LogP contribution in [0.15, 0.2) is 0 Å². The van der Waals surface area contributed by atoms with Crippen LogP contribution in [0.4, 0.5) is 0 Å². The number of hydrogen-bond acceptors (Lipinski definition) is 4. The van der Waals surface area contributed by atoms with E-state index in [1.165, 1.54) is 0 Å². The molecule has 0 aromatic rings. The maximum absolute atomic E-state index is 11.7. The molecule has 82 valence electrons. The SMILES string of the molecule is CC1C2(CCS1(=O)=O)SCCC2CN. The fourth-order valence-corrected chi connectivity index (χ4v) is 7.16. The molecule has 0 saturated carbocycles. The van der Waals surface area contributed by atoms with Crippen molar-refractivity contribution in [2.24, 2.45) is 11.7 Å². The molecule has 3 atom stereocenters. The third-order valence-electron chi connectivity index (χ3n) is 3.82. The Morgan fingerprint density at radius 2 is 2.29 bits per heavy atom. The standard InChI is InChI=1S/C9H17NO2S2/c1-7-9(3-5-14(7,11)12)8(6-10)2-4-13-9/h7-8H,2-6,10H2,1H3. The van der Waals surface area contributed by atoms with Crippen LogP contribution in [0.5, 0.6) is 0 Å². The summed E-state index contributed by atoms with van der Waals surface area (Å²) in [4.78, 5) is 0. The van der Waals surface area contributed by atoms with Crippen molar-refractivity contribution in [3.63, 3.8) is 0 Å². The molecule has 2 N–H and O–H groups in total. The summed E-state index contributed by atoms with van der Waals surface area (Å²) >= 11 is 1.84. The first-order chi connectivity index (χ1) is 6.53. The molecule has 0 aromatic heterocycles. The summed E-state index contributed by atoms with van der Waals surface area (Å²) in [6.45, 7) is 2.50. The van der Waals surface area contributed by atoms with Crippen molar-refractivity contribution < 1.29 is 8.42 Å². The predicted octanol–water partition coefficient (Wildman–Crippen LogP) is 0.644. The van der Waals surface area contributed by atoms with E-state index in [2.05, 4.69) is 0 Å². The summed E-state index contributed by atoms with van der Waals surface area (Å²) < 4.78 is 23.4. The van der Waals surface area contributed by atoms with Crippen molar-refractivity contribution in [3.8, 4) is 0 Å². The van der Waals surface area contributed by atoms with Crippen molar-refractivity contribution >= 4 is 21.6 Å². The van der Waals surface area contributed by atoms with Crippen LogP contribution in [0.2, 0.25) is 0 Å². The molecule has 2 saturated heterocycles. The quantitative estimate of drug-likeness (QED) is 0.725. The summed E-state index contributed by atoms with van der Waals surface area (Å²) in [5.41, 5.74) is 5.73. The van der Waals surface area contributed by atoms with Gasteiger partial charge in [-0.3, -0.25) is 0 Å². The van der Waals surface area contributed by atoms with Crippen LogP contribution in [-0.2, 0) is 9.84 Å². The Morgan fingerprint density at radius 1 is 1.57 bits per heavy atom. The average Bonchev–Trinajstić information content (AvgIpc) is 2.65. The van der Waals surface area contributed by atoms with Crippen LogP contribution < -0.4 is 5.73 Å². The molecule has 0 aliphatic carbocycles. The van der Waals surface area contributed by atoms with Gasteiger partial charge in [0.05, 0.1) is 11.0 Å². The van der Waals surface area contributed by atoms with E-state index in [0.29, 0.717) is 18.2 Å². The van der Waals surface area contributed by atoms with E-state index in [1.54, 1.807) is 0 Å². The van der Waals surface area contributed by atoms with Gasteiger partial charge in [0.15, 0.2) is 9.84 Å². The van der Waals surface area contributed by atoms with Gasteiger partial charge in [-0.15, -0.1) is 0 Å². The highest BCUT2D eigenvalue weighted by Gasteiger charge is 2.55. The molecular formula is C9H17NO2S2. The summed E-state index contributed by atoms with van der Waals surface area (Å²) in [6, 6.07) is 0. The van der Waals surface area contributed by atoms with Crippen LogP contribution >= 0.6 is 11.8 Å². The molecule has 3 unspecified atom stereocenters. The van der Waals surface area contributed by atoms with Crippen molar-refractivity contribution in [2.75, 3.05) is 18.1 Å². The Bertz CT molecular complexity index is 328. The van der Waals surface area contributed by atoms with E-state index in [0.717, 1.165) is 18.6 Å². The Kier molecular flexibility index (Phi) is 2.60. The van der Waals surface area contributed by atoms with Gasteiger partial charge >= 0.3 is 0 Å². The van der Waals surface area contributed by atoms with Gasteiger partial charge in [0.25, 0.3) is 0 Å². The molecule has 0 aromatic carbocycles. The highest BCUT2D eigenvalue weighted by Crippen LogP contribution is 2.53. The molecule has 2 aliphatic rings. The van der Waals surface area contributed by atoms with E-state index in [4.69, 9.17) is 5.73 Å². The minimum absolute atomic E-state index is 0.0480. The predicted molar refractivity (Wildman–Crippen MR) is 60.2 cm³/mol. The maximum atomic E-state index is 11.7. The summed E-state index contributed by atoms with van der Waals surface area (Å²) in [6.07, 6.45) is 1.89. The number of sulfone groups is 1. The lowest BCUT2D eigenvalue weighted by atomic mass is 9.85. The van der Waals surface area contributed by atoms with Crippen molar-refractivity contribution in [2.45, 2.75) is 29.8 Å². The molecule has 0 bridgehead atoms. The number of hydrogen-bond donors (Lipinski definition) is 1. The molecule has 2 heterocycles. The second-order valence-corrected chi connectivity index (χ2v) is 8.18. The second kappa shape index (κ2) is 3.39. The van der Waals surface area contributed by atoms with E-state index in [9.17, 15) is 8.42 Å². The molecule has 0 amide bonds. The lowest BCUT2D eigenvalue weighted by Gasteiger charge is -2.32. The Hall–Kier alpha value is 0.260. The van der Waals surface area contributed by atoms with Gasteiger partial charge in [-0.25, -0.2) is 8.42 Å². The Labute approximate surface area is 89.7 Å². The molecule has 14 heavy (non-hydrogen) atoms. The molecule has 0 radical (unpaired) electrons. The molecule has 2 aliphatic heterocycles. The van der Waals surface area contributed by atoms with Gasteiger partial charge < -0.3 is 5.73 Å². The average molecular weight is 235 g/mol. The normalized spacial score (nSPS) is 46.1. The van der Waals surface area contributed by atoms with Gasteiger partial charge in [0, 0.05) is 4.75 Å². The van der Waals surface area contributed by atoms with E-state index < -0.39 is 9.84 Å². The zero-order valence-electron chi connectivity index (χ0n) is 8.40. The third kappa shape index (κ3) is 1.32. The minimum atomic E-state index is -2.84. The van der Waals surface area contributed by atoms with Gasteiger partial charge in [-0.1, -0.05) is 0 Å². The largest absolute Gasteiger partial charge is 0.330 e. The zero-order chi connectivity index (χ0) is 10.4. The van der Waals surface area contributed by atoms with E-state index in [-0.39, 0.29) is 10.00 Å². The van der Waals surface area contributed by atoms with Crippen LogP contribution in [-0.4, -0.2) is 36.5 Å². The second-order valence-electron chi connectivity index (χ2n) is 4.28. The highest BCUT2D eigenvalue weighted by atomic mass is 32.2. The summed E-state index contributed by atoms with van der Waals surface area (Å²) in [5, 5.41) is -0.198. The smallest absolute Gasteiger partial charge is 0.154 e. The molecule has 2 fully saturated rings. The lowest BCUT2D eigenvalue weighted by Crippen LogP contribution is -2.42. The first-order valence-electron chi connectivity index (χ1n) is 5.08. The maximum Gasteiger partial charge on any atom is 0.154 e. The Morgan fingerprint density at radius 3 is 2.79 bits per heavy atom. The summed E-state index contributed by atoms with van der Waals surface area (Å²) in [5.74, 6) is 1.83. The molecule has 1 spiro atoms. The van der Waals surface area contributed by atoms with E-state index >= 15 is 0 Å². The van der Waals surface area contributed by atoms with Crippen LogP contribution in [0.3, 0.4) is 0 Å².